The second kappa shape index (κ2) is 8.63. The Balaban J connectivity index is 1.39. The van der Waals surface area contributed by atoms with E-state index < -0.39 is 5.82 Å². The van der Waals surface area contributed by atoms with Crippen LogP contribution in [0.4, 0.5) is 27.5 Å². The maximum Gasteiger partial charge on any atom is 0.229 e. The zero-order valence-electron chi connectivity index (χ0n) is 18.6. The molecule has 1 saturated heterocycles. The van der Waals surface area contributed by atoms with Crippen LogP contribution in [0.15, 0.2) is 24.4 Å². The maximum absolute atomic E-state index is 14.9. The first-order valence-corrected chi connectivity index (χ1v) is 11.5. The van der Waals surface area contributed by atoms with Crippen LogP contribution in [-0.4, -0.2) is 47.6 Å². The van der Waals surface area contributed by atoms with E-state index in [0.717, 1.165) is 49.2 Å². The van der Waals surface area contributed by atoms with Gasteiger partial charge in [-0.3, -0.25) is 15.6 Å². The monoisotopic (exact) mass is 439 g/mol. The van der Waals surface area contributed by atoms with Crippen molar-refractivity contribution in [2.75, 3.05) is 34.8 Å². The Kier molecular flexibility index (Phi) is 5.69. The van der Waals surface area contributed by atoms with Gasteiger partial charge in [-0.15, -0.1) is 0 Å². The fraction of sp³-hybridized carbons (Fsp3) is 0.522. The van der Waals surface area contributed by atoms with Gasteiger partial charge >= 0.3 is 0 Å². The van der Waals surface area contributed by atoms with Crippen molar-refractivity contribution < 1.29 is 9.18 Å². The molecule has 3 heterocycles. The van der Waals surface area contributed by atoms with E-state index >= 15 is 0 Å². The van der Waals surface area contributed by atoms with E-state index in [4.69, 9.17) is 0 Å². The number of hydrazine groups is 1. The molecule has 32 heavy (non-hydrogen) atoms. The molecular formula is C23H30FN7O. The molecule has 8 nitrogen and oxygen atoms in total. The smallest absolute Gasteiger partial charge is 0.229 e. The average Bonchev–Trinajstić information content (AvgIpc) is 3.43. The molecule has 3 aliphatic rings. The van der Waals surface area contributed by atoms with Crippen molar-refractivity contribution in [1.82, 2.24) is 20.8 Å². The van der Waals surface area contributed by atoms with Gasteiger partial charge in [-0.25, -0.2) is 9.37 Å². The molecule has 3 N–H and O–H groups in total. The van der Waals surface area contributed by atoms with Gasteiger partial charge in [0.15, 0.2) is 11.6 Å². The highest BCUT2D eigenvalue weighted by Crippen LogP contribution is 2.34. The molecule has 1 aromatic heterocycles. The van der Waals surface area contributed by atoms with Crippen molar-refractivity contribution in [3.05, 3.63) is 35.8 Å². The molecule has 1 aromatic carbocycles. The molecule has 1 amide bonds. The lowest BCUT2D eigenvalue weighted by molar-refractivity contribution is -0.116. The fourth-order valence-electron chi connectivity index (χ4n) is 5.49. The third-order valence-electron chi connectivity index (χ3n) is 7.00. The number of nitrogens with zero attached hydrogens (tertiary/aromatic N) is 4. The van der Waals surface area contributed by atoms with E-state index in [1.165, 1.54) is 6.20 Å². The van der Waals surface area contributed by atoms with Crippen LogP contribution in [0.3, 0.4) is 0 Å². The number of anilines is 4. The molecule has 1 saturated carbocycles. The third-order valence-corrected chi connectivity index (χ3v) is 7.00. The van der Waals surface area contributed by atoms with Crippen molar-refractivity contribution in [2.24, 2.45) is 5.92 Å². The highest BCUT2D eigenvalue weighted by Gasteiger charge is 2.40. The average molecular weight is 440 g/mol. The van der Waals surface area contributed by atoms with Gasteiger partial charge in [0.05, 0.1) is 6.20 Å². The summed E-state index contributed by atoms with van der Waals surface area (Å²) in [5.74, 6) is 0.802. The van der Waals surface area contributed by atoms with Crippen LogP contribution in [-0.2, 0) is 11.2 Å². The third kappa shape index (κ3) is 3.80. The first-order chi connectivity index (χ1) is 15.5. The first-order valence-electron chi connectivity index (χ1n) is 11.5. The van der Waals surface area contributed by atoms with E-state index in [0.29, 0.717) is 36.8 Å². The zero-order valence-corrected chi connectivity index (χ0v) is 18.6. The highest BCUT2D eigenvalue weighted by atomic mass is 19.1. The molecule has 9 heteroatoms. The summed E-state index contributed by atoms with van der Waals surface area (Å²) in [7, 11) is 0. The summed E-state index contributed by atoms with van der Waals surface area (Å²) in [6, 6.07) is 6.52. The van der Waals surface area contributed by atoms with Crippen molar-refractivity contribution in [3.63, 3.8) is 0 Å². The van der Waals surface area contributed by atoms with Gasteiger partial charge in [-0.2, -0.15) is 4.98 Å². The van der Waals surface area contributed by atoms with Crippen LogP contribution < -0.4 is 26.0 Å². The topological polar surface area (TPSA) is 85.4 Å². The molecule has 1 aliphatic carbocycles. The molecule has 3 atom stereocenters. The van der Waals surface area contributed by atoms with Gasteiger partial charge in [0.25, 0.3) is 0 Å². The number of benzene rings is 1. The maximum atomic E-state index is 14.9. The van der Waals surface area contributed by atoms with Crippen LogP contribution in [0.1, 0.15) is 38.7 Å². The Morgan fingerprint density at radius 2 is 2.25 bits per heavy atom. The number of nitrogens with one attached hydrogen (secondary N) is 3. The number of hydrogen-bond donors (Lipinski definition) is 3. The molecule has 170 valence electrons. The van der Waals surface area contributed by atoms with Crippen molar-refractivity contribution in [1.29, 1.82) is 0 Å². The van der Waals surface area contributed by atoms with Gasteiger partial charge in [0, 0.05) is 55.9 Å². The van der Waals surface area contributed by atoms with Crippen LogP contribution in [0, 0.1) is 11.7 Å². The Hall–Kier alpha value is -2.78. The second-order valence-corrected chi connectivity index (χ2v) is 8.83. The quantitative estimate of drug-likeness (QED) is 0.661. The lowest BCUT2D eigenvalue weighted by Crippen LogP contribution is -2.49. The Morgan fingerprint density at radius 3 is 3.06 bits per heavy atom. The Labute approximate surface area is 187 Å². The van der Waals surface area contributed by atoms with Gasteiger partial charge in [0.1, 0.15) is 0 Å². The SMILES string of the molecule is CCN(c1nc(Nc2ccc3c(c2)CCN3C(C)=O)ncc1F)C1CCCC2NNCC21. The number of fused-ring (bicyclic) bond motifs is 2. The number of amides is 1. The molecule has 5 rings (SSSR count). The standard InChI is InChI=1S/C23H30FN7O/c1-3-30(21-6-4-5-19-17(21)12-26-29-19)22-18(24)13-25-23(28-22)27-16-7-8-20-15(11-16)9-10-31(20)14(2)32/h7-8,11,13,17,19,21,26,29H,3-6,9-10,12H2,1-2H3,(H,25,27,28). The normalized spacial score (nSPS) is 24.2. The van der Waals surface area contributed by atoms with E-state index in [1.54, 1.807) is 11.8 Å². The van der Waals surface area contributed by atoms with Crippen LogP contribution in [0.5, 0.6) is 0 Å². The van der Waals surface area contributed by atoms with E-state index in [2.05, 4.69) is 38.0 Å². The van der Waals surface area contributed by atoms with Crippen molar-refractivity contribution in [2.45, 2.75) is 51.6 Å². The molecule has 3 unspecified atom stereocenters. The number of carbonyl (C=O) groups excluding carboxylic acids is 1. The first kappa shape index (κ1) is 21.1. The number of rotatable bonds is 5. The molecule has 2 fully saturated rings. The minimum absolute atomic E-state index is 0.0493. The van der Waals surface area contributed by atoms with Crippen LogP contribution in [0.25, 0.3) is 0 Å². The summed E-state index contributed by atoms with van der Waals surface area (Å²) < 4.78 is 14.9. The highest BCUT2D eigenvalue weighted by molar-refractivity contribution is 5.94. The van der Waals surface area contributed by atoms with Crippen LogP contribution in [0.2, 0.25) is 0 Å². The summed E-state index contributed by atoms with van der Waals surface area (Å²) in [5, 5.41) is 3.23. The van der Waals surface area contributed by atoms with Gasteiger partial charge in [0.2, 0.25) is 11.9 Å². The second-order valence-electron chi connectivity index (χ2n) is 8.83. The largest absolute Gasteiger partial charge is 0.351 e. The van der Waals surface area contributed by atoms with Crippen molar-refractivity contribution in [3.8, 4) is 0 Å². The van der Waals surface area contributed by atoms with Gasteiger partial charge in [-0.05, 0) is 56.4 Å². The molecular weight excluding hydrogens is 409 g/mol. The minimum Gasteiger partial charge on any atom is -0.351 e. The summed E-state index contributed by atoms with van der Waals surface area (Å²) in [6.07, 6.45) is 5.35. The number of carbonyl (C=O) groups is 1. The number of halogens is 1. The van der Waals surface area contributed by atoms with E-state index in [-0.39, 0.29) is 11.9 Å². The summed E-state index contributed by atoms with van der Waals surface area (Å²) in [6.45, 7) is 5.90. The Bertz CT molecular complexity index is 1020. The summed E-state index contributed by atoms with van der Waals surface area (Å²) in [5.41, 5.74) is 9.53. The predicted molar refractivity (Wildman–Crippen MR) is 123 cm³/mol. The minimum atomic E-state index is -0.399. The van der Waals surface area contributed by atoms with Gasteiger partial charge < -0.3 is 15.1 Å². The number of aromatic nitrogens is 2. The predicted octanol–water partition coefficient (Wildman–Crippen LogP) is 2.74. The molecule has 2 aliphatic heterocycles. The molecule has 0 bridgehead atoms. The zero-order chi connectivity index (χ0) is 22.2. The molecule has 0 spiro atoms. The van der Waals surface area contributed by atoms with Gasteiger partial charge in [-0.1, -0.05) is 0 Å². The van der Waals surface area contributed by atoms with E-state index in [9.17, 15) is 9.18 Å². The Morgan fingerprint density at radius 1 is 1.38 bits per heavy atom. The van der Waals surface area contributed by atoms with E-state index in [1.807, 2.05) is 18.2 Å². The van der Waals surface area contributed by atoms with Crippen LogP contribution >= 0.6 is 0 Å². The lowest BCUT2D eigenvalue weighted by atomic mass is 9.81. The lowest BCUT2D eigenvalue weighted by Gasteiger charge is -2.40. The molecule has 2 aromatic rings. The van der Waals surface area contributed by atoms with Crippen molar-refractivity contribution >= 4 is 29.0 Å². The number of hydrogen-bond acceptors (Lipinski definition) is 7. The summed E-state index contributed by atoms with van der Waals surface area (Å²) in [4.78, 5) is 24.4. The summed E-state index contributed by atoms with van der Waals surface area (Å²) >= 11 is 0. The molecule has 0 radical (unpaired) electrons. The fourth-order valence-corrected chi connectivity index (χ4v) is 5.49.